The van der Waals surface area contributed by atoms with E-state index in [0.29, 0.717) is 5.92 Å². The molecule has 0 unspecified atom stereocenters. The van der Waals surface area contributed by atoms with Crippen molar-refractivity contribution in [1.29, 1.82) is 0 Å². The number of hydrogen-bond donors (Lipinski definition) is 2. The molecular weight excluding hydrogens is 312 g/mol. The lowest BCUT2D eigenvalue weighted by Gasteiger charge is -2.34. The fraction of sp³-hybridized carbons (Fsp3) is 0.650. The second-order valence-electron chi connectivity index (χ2n) is 7.48. The molecule has 1 aliphatic rings. The third-order valence-electron chi connectivity index (χ3n) is 4.73. The Morgan fingerprint density at radius 3 is 2.40 bits per heavy atom. The van der Waals surface area contributed by atoms with Gasteiger partial charge in [0.25, 0.3) is 0 Å². The predicted molar refractivity (Wildman–Crippen MR) is 103 cm³/mol. The van der Waals surface area contributed by atoms with Gasteiger partial charge in [0.2, 0.25) is 5.91 Å². The first-order chi connectivity index (χ1) is 12.0. The Morgan fingerprint density at radius 2 is 1.76 bits per heavy atom. The molecule has 0 spiro atoms. The van der Waals surface area contributed by atoms with E-state index in [-0.39, 0.29) is 11.9 Å². The summed E-state index contributed by atoms with van der Waals surface area (Å²) in [5.74, 6) is 0.439. The lowest BCUT2D eigenvalue weighted by atomic mass is 10.0. The number of carbonyl (C=O) groups excluding carboxylic acids is 1. The van der Waals surface area contributed by atoms with Gasteiger partial charge in [0, 0.05) is 39.3 Å². The molecule has 1 heterocycles. The molecule has 0 radical (unpaired) electrons. The van der Waals surface area contributed by atoms with Gasteiger partial charge >= 0.3 is 0 Å². The summed E-state index contributed by atoms with van der Waals surface area (Å²) < 4.78 is 0. The molecule has 0 saturated carbocycles. The molecule has 5 heteroatoms. The summed E-state index contributed by atoms with van der Waals surface area (Å²) in [6, 6.07) is 10.3. The van der Waals surface area contributed by atoms with Gasteiger partial charge in [-0.2, -0.15) is 0 Å². The van der Waals surface area contributed by atoms with Gasteiger partial charge in [0.05, 0.1) is 6.04 Å². The molecule has 5 nitrogen and oxygen atoms in total. The maximum Gasteiger partial charge on any atom is 0.236 e. The number of rotatable bonds is 9. The van der Waals surface area contributed by atoms with Crippen LogP contribution in [0, 0.1) is 5.92 Å². The third-order valence-corrected chi connectivity index (χ3v) is 4.73. The molecular formula is C20H34N4O. The van der Waals surface area contributed by atoms with E-state index in [1.807, 2.05) is 0 Å². The summed E-state index contributed by atoms with van der Waals surface area (Å²) in [6.45, 7) is 11.4. The molecule has 1 amide bonds. The first kappa shape index (κ1) is 19.9. The van der Waals surface area contributed by atoms with E-state index < -0.39 is 0 Å². The molecule has 1 aromatic rings. The maximum atomic E-state index is 11.9. The number of benzene rings is 1. The quantitative estimate of drug-likeness (QED) is 0.668. The van der Waals surface area contributed by atoms with E-state index >= 15 is 0 Å². The largest absolute Gasteiger partial charge is 0.355 e. The first-order valence-corrected chi connectivity index (χ1v) is 9.56. The number of amides is 1. The van der Waals surface area contributed by atoms with Crippen LogP contribution in [0.2, 0.25) is 0 Å². The zero-order chi connectivity index (χ0) is 18.1. The van der Waals surface area contributed by atoms with Gasteiger partial charge in [-0.05, 0) is 30.9 Å². The number of nitrogens with one attached hydrogen (secondary N) is 1. The van der Waals surface area contributed by atoms with Crippen molar-refractivity contribution in [3.63, 3.8) is 0 Å². The van der Waals surface area contributed by atoms with E-state index in [1.165, 1.54) is 5.56 Å². The van der Waals surface area contributed by atoms with Crippen LogP contribution in [0.3, 0.4) is 0 Å². The van der Waals surface area contributed by atoms with Gasteiger partial charge in [0.15, 0.2) is 0 Å². The molecule has 1 atom stereocenters. The lowest BCUT2D eigenvalue weighted by Crippen LogP contribution is -2.47. The Hall–Kier alpha value is -1.43. The SMILES string of the molecule is CC(C)C[C@H](N)C(=O)NCCCN1CCN(Cc2ccccc2)CC1. The smallest absolute Gasteiger partial charge is 0.236 e. The number of hydrogen-bond acceptors (Lipinski definition) is 4. The van der Waals surface area contributed by atoms with Crippen molar-refractivity contribution in [2.45, 2.75) is 39.3 Å². The van der Waals surface area contributed by atoms with Crippen LogP contribution in [0.25, 0.3) is 0 Å². The van der Waals surface area contributed by atoms with Crippen LogP contribution in [-0.2, 0) is 11.3 Å². The fourth-order valence-corrected chi connectivity index (χ4v) is 3.27. The van der Waals surface area contributed by atoms with Gasteiger partial charge in [-0.15, -0.1) is 0 Å². The van der Waals surface area contributed by atoms with Crippen LogP contribution >= 0.6 is 0 Å². The molecule has 1 saturated heterocycles. The van der Waals surface area contributed by atoms with Crippen molar-refractivity contribution in [2.24, 2.45) is 11.7 Å². The average molecular weight is 347 g/mol. The Balaban J connectivity index is 1.56. The van der Waals surface area contributed by atoms with Gasteiger partial charge in [-0.3, -0.25) is 9.69 Å². The van der Waals surface area contributed by atoms with Crippen LogP contribution in [-0.4, -0.2) is 61.0 Å². The van der Waals surface area contributed by atoms with E-state index in [1.54, 1.807) is 0 Å². The van der Waals surface area contributed by atoms with Crippen molar-refractivity contribution in [3.8, 4) is 0 Å². The Morgan fingerprint density at radius 1 is 1.12 bits per heavy atom. The van der Waals surface area contributed by atoms with Crippen molar-refractivity contribution in [1.82, 2.24) is 15.1 Å². The predicted octanol–water partition coefficient (Wildman–Crippen LogP) is 1.68. The highest BCUT2D eigenvalue weighted by molar-refractivity contribution is 5.81. The topological polar surface area (TPSA) is 61.6 Å². The lowest BCUT2D eigenvalue weighted by molar-refractivity contribution is -0.122. The molecule has 3 N–H and O–H groups in total. The first-order valence-electron chi connectivity index (χ1n) is 9.56. The number of piperazine rings is 1. The summed E-state index contributed by atoms with van der Waals surface area (Å²) >= 11 is 0. The minimum absolute atomic E-state index is 0.0126. The highest BCUT2D eigenvalue weighted by Crippen LogP contribution is 2.08. The standard InChI is InChI=1S/C20H34N4O/c1-17(2)15-19(21)20(25)22-9-6-10-23-11-13-24(14-12-23)16-18-7-4-3-5-8-18/h3-5,7-8,17,19H,6,9-16,21H2,1-2H3,(H,22,25)/t19-/m0/s1. The van der Waals surface area contributed by atoms with E-state index in [0.717, 1.165) is 58.7 Å². The molecule has 2 rings (SSSR count). The Kier molecular flexibility index (Phi) is 8.38. The maximum absolute atomic E-state index is 11.9. The molecule has 0 aromatic heterocycles. The van der Waals surface area contributed by atoms with Crippen molar-refractivity contribution >= 4 is 5.91 Å². The number of carbonyl (C=O) groups is 1. The Bertz CT molecular complexity index is 498. The van der Waals surface area contributed by atoms with E-state index in [4.69, 9.17) is 5.73 Å². The normalized spacial score (nSPS) is 17.6. The van der Waals surface area contributed by atoms with Crippen molar-refractivity contribution in [3.05, 3.63) is 35.9 Å². The van der Waals surface area contributed by atoms with Crippen LogP contribution in [0.1, 0.15) is 32.3 Å². The van der Waals surface area contributed by atoms with Gasteiger partial charge in [-0.25, -0.2) is 0 Å². The highest BCUT2D eigenvalue weighted by atomic mass is 16.2. The minimum atomic E-state index is -0.374. The summed E-state index contributed by atoms with van der Waals surface area (Å²) in [4.78, 5) is 16.9. The Labute approximate surface area is 152 Å². The van der Waals surface area contributed by atoms with Crippen LogP contribution in [0.5, 0.6) is 0 Å². The van der Waals surface area contributed by atoms with Gasteiger partial charge < -0.3 is 16.0 Å². The third kappa shape index (κ3) is 7.55. The monoisotopic (exact) mass is 346 g/mol. The average Bonchev–Trinajstić information content (AvgIpc) is 2.60. The van der Waals surface area contributed by atoms with E-state index in [9.17, 15) is 4.79 Å². The van der Waals surface area contributed by atoms with Crippen LogP contribution < -0.4 is 11.1 Å². The number of nitrogens with zero attached hydrogens (tertiary/aromatic N) is 2. The second-order valence-corrected chi connectivity index (χ2v) is 7.48. The summed E-state index contributed by atoms with van der Waals surface area (Å²) in [7, 11) is 0. The molecule has 1 fully saturated rings. The molecule has 0 bridgehead atoms. The van der Waals surface area contributed by atoms with Crippen LogP contribution in [0.15, 0.2) is 30.3 Å². The summed E-state index contributed by atoms with van der Waals surface area (Å²) in [5.41, 5.74) is 7.28. The van der Waals surface area contributed by atoms with Crippen LogP contribution in [0.4, 0.5) is 0 Å². The van der Waals surface area contributed by atoms with Crippen molar-refractivity contribution < 1.29 is 4.79 Å². The molecule has 25 heavy (non-hydrogen) atoms. The molecule has 1 aromatic carbocycles. The molecule has 140 valence electrons. The molecule has 0 aliphatic carbocycles. The summed E-state index contributed by atoms with van der Waals surface area (Å²) in [5, 5.41) is 2.97. The van der Waals surface area contributed by atoms with Gasteiger partial charge in [0.1, 0.15) is 0 Å². The van der Waals surface area contributed by atoms with Crippen molar-refractivity contribution in [2.75, 3.05) is 39.3 Å². The second kappa shape index (κ2) is 10.5. The fourth-order valence-electron chi connectivity index (χ4n) is 3.27. The molecule has 1 aliphatic heterocycles. The van der Waals surface area contributed by atoms with Gasteiger partial charge in [-0.1, -0.05) is 44.2 Å². The highest BCUT2D eigenvalue weighted by Gasteiger charge is 2.17. The van der Waals surface area contributed by atoms with E-state index in [2.05, 4.69) is 59.3 Å². The zero-order valence-electron chi connectivity index (χ0n) is 15.8. The zero-order valence-corrected chi connectivity index (χ0v) is 15.8. The number of nitrogens with two attached hydrogens (primary N) is 1. The minimum Gasteiger partial charge on any atom is -0.355 e. The summed E-state index contributed by atoms with van der Waals surface area (Å²) in [6.07, 6.45) is 1.73.